The van der Waals surface area contributed by atoms with Crippen molar-refractivity contribution in [3.63, 3.8) is 0 Å². The van der Waals surface area contributed by atoms with Crippen molar-refractivity contribution in [2.75, 3.05) is 19.7 Å². The molecule has 1 aliphatic heterocycles. The molecule has 2 heterocycles. The Bertz CT molecular complexity index is 1210. The van der Waals surface area contributed by atoms with E-state index >= 15 is 0 Å². The van der Waals surface area contributed by atoms with E-state index in [9.17, 15) is 15.0 Å². The zero-order chi connectivity index (χ0) is 25.8. The van der Waals surface area contributed by atoms with Crippen LogP contribution in [0.15, 0.2) is 67.0 Å². The van der Waals surface area contributed by atoms with Crippen LogP contribution in [0.4, 0.5) is 4.79 Å². The standard InChI is InChI=1S/C29H34N4O4/c1-19(35)28-30-12-13-33(28)26(18-34)11-4-20-2-5-21(6-3-20)22-7-9-23(10-8-22)24-14-25(15-24)31-16-27-17-32-29(36)37-27/h2-13,19,24-27,31,34-35H,14-18H2,1H3,(H,32,36)/b11-4+/t19-,24?,25?,26?,27?/m0/s1. The molecular formula is C29H34N4O4. The molecule has 5 rings (SSSR count). The fourth-order valence-corrected chi connectivity index (χ4v) is 5.03. The Morgan fingerprint density at radius 2 is 1.86 bits per heavy atom. The molecule has 37 heavy (non-hydrogen) atoms. The maximum atomic E-state index is 11.1. The molecule has 0 radical (unpaired) electrons. The van der Waals surface area contributed by atoms with E-state index in [0.717, 1.165) is 24.0 Å². The third-order valence-corrected chi connectivity index (χ3v) is 7.27. The number of hydrogen-bond acceptors (Lipinski definition) is 6. The number of carbonyl (C=O) groups is 1. The molecule has 4 N–H and O–H groups in total. The number of aliphatic hydroxyl groups excluding tert-OH is 2. The van der Waals surface area contributed by atoms with Crippen LogP contribution in [-0.4, -0.2) is 57.7 Å². The second-order valence-electron chi connectivity index (χ2n) is 9.90. The Morgan fingerprint density at radius 3 is 2.49 bits per heavy atom. The van der Waals surface area contributed by atoms with E-state index in [2.05, 4.69) is 64.1 Å². The Hall–Kier alpha value is -3.46. The zero-order valence-corrected chi connectivity index (χ0v) is 21.0. The second-order valence-corrected chi connectivity index (χ2v) is 9.90. The molecule has 1 saturated carbocycles. The Kier molecular flexibility index (Phi) is 7.69. The van der Waals surface area contributed by atoms with Crippen LogP contribution in [0.2, 0.25) is 0 Å². The fourth-order valence-electron chi connectivity index (χ4n) is 5.03. The largest absolute Gasteiger partial charge is 0.443 e. The number of aliphatic hydroxyl groups is 2. The number of ether oxygens (including phenoxy) is 1. The van der Waals surface area contributed by atoms with Gasteiger partial charge in [-0.05, 0) is 47.9 Å². The number of nitrogens with one attached hydrogen (secondary N) is 2. The predicted octanol–water partition coefficient (Wildman–Crippen LogP) is 3.79. The molecule has 2 fully saturated rings. The SMILES string of the molecule is C[C@H](O)c1nccn1C(/C=C/c1ccc(-c2ccc(C3CC(NCC4CNC(=O)O4)C3)cc2)cc1)CO. The topological polar surface area (TPSA) is 109 Å². The highest BCUT2D eigenvalue weighted by atomic mass is 16.6. The van der Waals surface area contributed by atoms with Gasteiger partial charge < -0.3 is 30.2 Å². The quantitative estimate of drug-likeness (QED) is 0.336. The molecule has 0 spiro atoms. The van der Waals surface area contributed by atoms with E-state index in [1.54, 1.807) is 23.9 Å². The molecule has 1 aromatic heterocycles. The van der Waals surface area contributed by atoms with Crippen molar-refractivity contribution in [1.82, 2.24) is 20.2 Å². The first kappa shape index (κ1) is 25.2. The summed E-state index contributed by atoms with van der Waals surface area (Å²) in [6.45, 7) is 2.87. The molecule has 1 saturated heterocycles. The number of benzene rings is 2. The van der Waals surface area contributed by atoms with E-state index in [1.807, 2.05) is 12.2 Å². The van der Waals surface area contributed by atoms with Crippen LogP contribution in [0.25, 0.3) is 17.2 Å². The number of alkyl carbamates (subject to hydrolysis) is 1. The minimum absolute atomic E-state index is 0.0663. The maximum Gasteiger partial charge on any atom is 0.407 e. The molecule has 3 aromatic rings. The summed E-state index contributed by atoms with van der Waals surface area (Å²) in [7, 11) is 0. The van der Waals surface area contributed by atoms with Crippen molar-refractivity contribution < 1.29 is 19.7 Å². The lowest BCUT2D eigenvalue weighted by molar-refractivity contribution is 0.133. The Morgan fingerprint density at radius 1 is 1.16 bits per heavy atom. The van der Waals surface area contributed by atoms with Crippen LogP contribution in [0.5, 0.6) is 0 Å². The van der Waals surface area contributed by atoms with Gasteiger partial charge in [-0.2, -0.15) is 0 Å². The molecule has 1 amide bonds. The fraction of sp³-hybridized carbons (Fsp3) is 0.379. The summed E-state index contributed by atoms with van der Waals surface area (Å²) < 4.78 is 6.97. The number of carbonyl (C=O) groups excluding carboxylic acids is 1. The number of rotatable bonds is 10. The van der Waals surface area contributed by atoms with Gasteiger partial charge in [-0.25, -0.2) is 9.78 Å². The number of imidazole rings is 1. The van der Waals surface area contributed by atoms with Crippen molar-refractivity contribution >= 4 is 12.2 Å². The molecule has 8 nitrogen and oxygen atoms in total. The van der Waals surface area contributed by atoms with Crippen molar-refractivity contribution in [2.45, 2.75) is 50.0 Å². The monoisotopic (exact) mass is 502 g/mol. The van der Waals surface area contributed by atoms with Crippen LogP contribution in [0.1, 0.15) is 54.8 Å². The average molecular weight is 503 g/mol. The predicted molar refractivity (Wildman–Crippen MR) is 142 cm³/mol. The summed E-state index contributed by atoms with van der Waals surface area (Å²) in [6.07, 6.45) is 8.42. The molecule has 8 heteroatoms. The van der Waals surface area contributed by atoms with Gasteiger partial charge in [0.05, 0.1) is 19.2 Å². The van der Waals surface area contributed by atoms with E-state index in [4.69, 9.17) is 4.74 Å². The van der Waals surface area contributed by atoms with Crippen molar-refractivity contribution in [2.24, 2.45) is 0 Å². The molecule has 1 aliphatic carbocycles. The van der Waals surface area contributed by atoms with Crippen LogP contribution in [-0.2, 0) is 4.74 Å². The molecule has 2 aliphatic rings. The van der Waals surface area contributed by atoms with Gasteiger partial charge in [0.1, 0.15) is 18.0 Å². The first-order chi connectivity index (χ1) is 18.0. The van der Waals surface area contributed by atoms with Gasteiger partial charge in [0, 0.05) is 25.0 Å². The highest BCUT2D eigenvalue weighted by Crippen LogP contribution is 2.37. The van der Waals surface area contributed by atoms with Crippen LogP contribution in [0.3, 0.4) is 0 Å². The molecule has 2 unspecified atom stereocenters. The minimum Gasteiger partial charge on any atom is -0.443 e. The van der Waals surface area contributed by atoms with Gasteiger partial charge in [0.15, 0.2) is 0 Å². The lowest BCUT2D eigenvalue weighted by Crippen LogP contribution is -2.44. The van der Waals surface area contributed by atoms with E-state index in [-0.39, 0.29) is 24.8 Å². The van der Waals surface area contributed by atoms with Gasteiger partial charge in [-0.3, -0.25) is 0 Å². The molecule has 0 bridgehead atoms. The third-order valence-electron chi connectivity index (χ3n) is 7.27. The molecule has 2 aromatic carbocycles. The summed E-state index contributed by atoms with van der Waals surface area (Å²) in [4.78, 5) is 15.3. The number of amides is 1. The minimum atomic E-state index is -0.701. The van der Waals surface area contributed by atoms with Gasteiger partial charge in [0.2, 0.25) is 0 Å². The lowest BCUT2D eigenvalue weighted by atomic mass is 9.75. The molecular weight excluding hydrogens is 468 g/mol. The van der Waals surface area contributed by atoms with Gasteiger partial charge in [0.25, 0.3) is 0 Å². The summed E-state index contributed by atoms with van der Waals surface area (Å²) >= 11 is 0. The first-order valence-corrected chi connectivity index (χ1v) is 12.9. The number of cyclic esters (lactones) is 1. The highest BCUT2D eigenvalue weighted by molar-refractivity contribution is 5.69. The van der Waals surface area contributed by atoms with Crippen molar-refractivity contribution in [3.8, 4) is 11.1 Å². The third kappa shape index (κ3) is 5.93. The van der Waals surface area contributed by atoms with Crippen LogP contribution >= 0.6 is 0 Å². The highest BCUT2D eigenvalue weighted by Gasteiger charge is 2.31. The summed E-state index contributed by atoms with van der Waals surface area (Å²) in [5.41, 5.74) is 4.73. The van der Waals surface area contributed by atoms with Gasteiger partial charge in [-0.15, -0.1) is 0 Å². The Balaban J connectivity index is 1.14. The van der Waals surface area contributed by atoms with Crippen molar-refractivity contribution in [3.05, 3.63) is 84.0 Å². The number of hydrogen-bond donors (Lipinski definition) is 4. The number of aromatic nitrogens is 2. The van der Waals surface area contributed by atoms with Crippen molar-refractivity contribution in [1.29, 1.82) is 0 Å². The van der Waals surface area contributed by atoms with Gasteiger partial charge in [-0.1, -0.05) is 60.7 Å². The van der Waals surface area contributed by atoms with E-state index in [1.165, 1.54) is 11.1 Å². The van der Waals surface area contributed by atoms with Crippen LogP contribution < -0.4 is 10.6 Å². The lowest BCUT2D eigenvalue weighted by Gasteiger charge is -2.37. The van der Waals surface area contributed by atoms with Crippen LogP contribution in [0, 0.1) is 0 Å². The van der Waals surface area contributed by atoms with E-state index < -0.39 is 6.10 Å². The molecule has 194 valence electrons. The smallest absolute Gasteiger partial charge is 0.407 e. The van der Waals surface area contributed by atoms with E-state index in [0.29, 0.717) is 30.9 Å². The maximum absolute atomic E-state index is 11.1. The summed E-state index contributed by atoms with van der Waals surface area (Å²) in [5, 5.41) is 25.9. The molecule has 3 atom stereocenters. The normalized spacial score (nSPS) is 22.9. The number of nitrogens with zero attached hydrogens (tertiary/aromatic N) is 2. The average Bonchev–Trinajstić information content (AvgIpc) is 3.54. The Labute approximate surface area is 217 Å². The van der Waals surface area contributed by atoms with Gasteiger partial charge >= 0.3 is 6.09 Å². The summed E-state index contributed by atoms with van der Waals surface area (Å²) in [5.74, 6) is 1.10. The zero-order valence-electron chi connectivity index (χ0n) is 21.0. The summed E-state index contributed by atoms with van der Waals surface area (Å²) in [6, 6.07) is 17.3. The first-order valence-electron chi connectivity index (χ1n) is 12.9. The second kappa shape index (κ2) is 11.3.